The van der Waals surface area contributed by atoms with Gasteiger partial charge in [-0.2, -0.15) is 10.3 Å². The quantitative estimate of drug-likeness (QED) is 0.778. The van der Waals surface area contributed by atoms with Crippen LogP contribution in [0.3, 0.4) is 0 Å². The molecule has 7 heteroatoms. The van der Waals surface area contributed by atoms with Crippen molar-refractivity contribution in [1.82, 2.24) is 20.3 Å². The molecule has 0 saturated carbocycles. The number of benzene rings is 1. The maximum Gasteiger partial charge on any atom is 0.361 e. The van der Waals surface area contributed by atoms with Gasteiger partial charge in [-0.05, 0) is 58.0 Å². The van der Waals surface area contributed by atoms with Crippen molar-refractivity contribution >= 4 is 5.97 Å². The minimum absolute atomic E-state index is 0.207. The molecule has 1 fully saturated rings. The molecule has 0 atom stereocenters. The Morgan fingerprint density at radius 3 is 2.72 bits per heavy atom. The molecule has 1 aliphatic heterocycles. The fourth-order valence-electron chi connectivity index (χ4n) is 3.10. The number of aromatic nitrogens is 3. The van der Waals surface area contributed by atoms with Crippen LogP contribution < -0.4 is 4.74 Å². The van der Waals surface area contributed by atoms with Crippen LogP contribution in [0.5, 0.6) is 5.75 Å². The number of carbonyl (C=O) groups excluding carboxylic acids is 1. The van der Waals surface area contributed by atoms with Gasteiger partial charge in [-0.3, -0.25) is 4.90 Å². The summed E-state index contributed by atoms with van der Waals surface area (Å²) in [5.74, 6) is 0.403. The molecule has 1 aromatic carbocycles. The van der Waals surface area contributed by atoms with Crippen LogP contribution in [0.2, 0.25) is 0 Å². The number of likely N-dealkylation sites (tertiary alicyclic amines) is 1. The van der Waals surface area contributed by atoms with Crippen molar-refractivity contribution < 1.29 is 14.3 Å². The molecule has 1 N–H and O–H groups in total. The van der Waals surface area contributed by atoms with Crippen LogP contribution in [-0.4, -0.2) is 52.6 Å². The van der Waals surface area contributed by atoms with Crippen molar-refractivity contribution in [3.05, 3.63) is 29.5 Å². The van der Waals surface area contributed by atoms with E-state index in [0.29, 0.717) is 18.9 Å². The second-order valence-electron chi connectivity index (χ2n) is 5.98. The lowest BCUT2D eigenvalue weighted by molar-refractivity contribution is 0.0520. The lowest BCUT2D eigenvalue weighted by Gasteiger charge is -2.18. The average molecular weight is 344 g/mol. The molecule has 134 valence electrons. The van der Waals surface area contributed by atoms with Gasteiger partial charge in [-0.25, -0.2) is 4.79 Å². The van der Waals surface area contributed by atoms with E-state index >= 15 is 0 Å². The van der Waals surface area contributed by atoms with Gasteiger partial charge < -0.3 is 9.47 Å². The molecule has 1 saturated heterocycles. The summed E-state index contributed by atoms with van der Waals surface area (Å²) in [6.07, 6.45) is 2.47. The predicted octanol–water partition coefficient (Wildman–Crippen LogP) is 2.64. The van der Waals surface area contributed by atoms with E-state index < -0.39 is 5.97 Å². The smallest absolute Gasteiger partial charge is 0.361 e. The Bertz CT molecular complexity index is 723. The van der Waals surface area contributed by atoms with Gasteiger partial charge in [0.25, 0.3) is 0 Å². The summed E-state index contributed by atoms with van der Waals surface area (Å²) in [5, 5.41) is 10.6. The molecule has 25 heavy (non-hydrogen) atoms. The fourth-order valence-corrected chi connectivity index (χ4v) is 3.10. The van der Waals surface area contributed by atoms with Gasteiger partial charge in [0.1, 0.15) is 11.4 Å². The SMILES string of the molecule is CCOC(=O)c1n[nH]nc1-c1ccc(OCC)c(CN2CCCC2)c1. The highest BCUT2D eigenvalue weighted by atomic mass is 16.5. The first-order valence-corrected chi connectivity index (χ1v) is 8.79. The first-order valence-electron chi connectivity index (χ1n) is 8.79. The van der Waals surface area contributed by atoms with Crippen LogP contribution in [0.25, 0.3) is 11.3 Å². The Morgan fingerprint density at radius 1 is 1.20 bits per heavy atom. The molecule has 7 nitrogen and oxygen atoms in total. The number of rotatable bonds is 7. The van der Waals surface area contributed by atoms with Crippen LogP contribution >= 0.6 is 0 Å². The monoisotopic (exact) mass is 344 g/mol. The van der Waals surface area contributed by atoms with Gasteiger partial charge in [0.05, 0.1) is 13.2 Å². The Labute approximate surface area is 147 Å². The van der Waals surface area contributed by atoms with Crippen molar-refractivity contribution in [3.63, 3.8) is 0 Å². The molecule has 0 aliphatic carbocycles. The lowest BCUT2D eigenvalue weighted by atomic mass is 10.0. The zero-order valence-electron chi connectivity index (χ0n) is 14.7. The largest absolute Gasteiger partial charge is 0.494 e. The molecule has 2 heterocycles. The van der Waals surface area contributed by atoms with Crippen LogP contribution in [0, 0.1) is 0 Å². The minimum atomic E-state index is -0.471. The molecule has 0 unspecified atom stereocenters. The minimum Gasteiger partial charge on any atom is -0.494 e. The first-order chi connectivity index (χ1) is 12.2. The number of esters is 1. The molecule has 2 aromatic rings. The molecule has 0 spiro atoms. The van der Waals surface area contributed by atoms with E-state index in [-0.39, 0.29) is 5.69 Å². The number of hydrogen-bond donors (Lipinski definition) is 1. The van der Waals surface area contributed by atoms with Gasteiger partial charge in [0.15, 0.2) is 5.69 Å². The van der Waals surface area contributed by atoms with Gasteiger partial charge in [0, 0.05) is 17.7 Å². The van der Waals surface area contributed by atoms with Crippen LogP contribution in [-0.2, 0) is 11.3 Å². The Kier molecular flexibility index (Phi) is 5.65. The number of H-pyrrole nitrogens is 1. The van der Waals surface area contributed by atoms with E-state index in [4.69, 9.17) is 9.47 Å². The van der Waals surface area contributed by atoms with Crippen molar-refractivity contribution in [2.24, 2.45) is 0 Å². The number of ether oxygens (including phenoxy) is 2. The molecule has 0 radical (unpaired) electrons. The zero-order valence-corrected chi connectivity index (χ0v) is 14.7. The lowest BCUT2D eigenvalue weighted by Crippen LogP contribution is -2.19. The van der Waals surface area contributed by atoms with E-state index in [0.717, 1.165) is 36.5 Å². The summed E-state index contributed by atoms with van der Waals surface area (Å²) < 4.78 is 10.8. The van der Waals surface area contributed by atoms with Gasteiger partial charge >= 0.3 is 5.97 Å². The average Bonchev–Trinajstić information content (AvgIpc) is 3.28. The first kappa shape index (κ1) is 17.4. The Morgan fingerprint density at radius 2 is 2.00 bits per heavy atom. The third kappa shape index (κ3) is 3.99. The molecule has 0 amide bonds. The Balaban J connectivity index is 1.92. The maximum atomic E-state index is 12.1. The highest BCUT2D eigenvalue weighted by Gasteiger charge is 2.21. The number of aromatic amines is 1. The number of nitrogens with zero attached hydrogens (tertiary/aromatic N) is 3. The second-order valence-corrected chi connectivity index (χ2v) is 5.98. The fraction of sp³-hybridized carbons (Fsp3) is 0.500. The van der Waals surface area contributed by atoms with Crippen LogP contribution in [0.4, 0.5) is 0 Å². The standard InChI is InChI=1S/C18H24N4O3/c1-3-24-15-8-7-13(11-14(15)12-22-9-5-6-10-22)16-17(20-21-19-16)18(23)25-4-2/h7-8,11H,3-6,9-10,12H2,1-2H3,(H,19,20,21). The number of carbonyl (C=O) groups is 1. The second kappa shape index (κ2) is 8.11. The molecule has 3 rings (SSSR count). The van der Waals surface area contributed by atoms with Gasteiger partial charge in [-0.15, -0.1) is 5.10 Å². The maximum absolute atomic E-state index is 12.1. The van der Waals surface area contributed by atoms with Crippen LogP contribution in [0.1, 0.15) is 42.7 Å². The summed E-state index contributed by atoms with van der Waals surface area (Å²) in [4.78, 5) is 14.5. The molecule has 1 aliphatic rings. The van der Waals surface area contributed by atoms with Crippen LogP contribution in [0.15, 0.2) is 18.2 Å². The number of hydrogen-bond acceptors (Lipinski definition) is 6. The highest BCUT2D eigenvalue weighted by molar-refractivity contribution is 5.94. The molecular weight excluding hydrogens is 320 g/mol. The van der Waals surface area contributed by atoms with E-state index in [1.54, 1.807) is 6.92 Å². The van der Waals surface area contributed by atoms with E-state index in [9.17, 15) is 4.79 Å². The zero-order chi connectivity index (χ0) is 17.6. The Hall–Kier alpha value is -2.41. The summed E-state index contributed by atoms with van der Waals surface area (Å²) in [6, 6.07) is 5.87. The third-order valence-corrected chi connectivity index (χ3v) is 4.24. The molecule has 1 aromatic heterocycles. The van der Waals surface area contributed by atoms with E-state index in [1.807, 2.05) is 25.1 Å². The molecular formula is C18H24N4O3. The third-order valence-electron chi connectivity index (χ3n) is 4.24. The van der Waals surface area contributed by atoms with Crippen molar-refractivity contribution in [1.29, 1.82) is 0 Å². The summed E-state index contributed by atoms with van der Waals surface area (Å²) >= 11 is 0. The predicted molar refractivity (Wildman–Crippen MR) is 93.5 cm³/mol. The van der Waals surface area contributed by atoms with E-state index in [2.05, 4.69) is 20.3 Å². The molecule has 0 bridgehead atoms. The van der Waals surface area contributed by atoms with Gasteiger partial charge in [-0.1, -0.05) is 0 Å². The van der Waals surface area contributed by atoms with Crippen molar-refractivity contribution in [2.45, 2.75) is 33.2 Å². The van der Waals surface area contributed by atoms with Crippen molar-refractivity contribution in [2.75, 3.05) is 26.3 Å². The summed E-state index contributed by atoms with van der Waals surface area (Å²) in [5.41, 5.74) is 2.64. The van der Waals surface area contributed by atoms with Crippen molar-refractivity contribution in [3.8, 4) is 17.0 Å². The van der Waals surface area contributed by atoms with E-state index in [1.165, 1.54) is 12.8 Å². The normalized spacial score (nSPS) is 14.6. The summed E-state index contributed by atoms with van der Waals surface area (Å²) in [6.45, 7) is 7.70. The van der Waals surface area contributed by atoms with Gasteiger partial charge in [0.2, 0.25) is 0 Å². The highest BCUT2D eigenvalue weighted by Crippen LogP contribution is 2.29. The summed E-state index contributed by atoms with van der Waals surface area (Å²) in [7, 11) is 0. The number of nitrogens with one attached hydrogen (secondary N) is 1. The topological polar surface area (TPSA) is 80.3 Å².